The molecule has 0 spiro atoms. The zero-order chi connectivity index (χ0) is 13.0. The summed E-state index contributed by atoms with van der Waals surface area (Å²) in [5, 5.41) is 0. The molecule has 1 atom stereocenters. The summed E-state index contributed by atoms with van der Waals surface area (Å²) in [7, 11) is 0. The summed E-state index contributed by atoms with van der Waals surface area (Å²) >= 11 is 0. The number of nitrogens with two attached hydrogens (primary N) is 1. The van der Waals surface area contributed by atoms with Crippen molar-refractivity contribution >= 4 is 5.91 Å². The van der Waals surface area contributed by atoms with Crippen molar-refractivity contribution in [3.63, 3.8) is 0 Å². The molecule has 1 amide bonds. The van der Waals surface area contributed by atoms with Gasteiger partial charge in [-0.25, -0.2) is 0 Å². The second kappa shape index (κ2) is 6.01. The first-order valence-corrected chi connectivity index (χ1v) is 6.74. The van der Waals surface area contributed by atoms with Crippen molar-refractivity contribution in [3.05, 3.63) is 35.4 Å². The van der Waals surface area contributed by atoms with Gasteiger partial charge in [0.25, 0.3) is 0 Å². The highest BCUT2D eigenvalue weighted by Gasteiger charge is 2.22. The Bertz CT molecular complexity index is 399. The Hall–Kier alpha value is -1.35. The third kappa shape index (κ3) is 3.57. The van der Waals surface area contributed by atoms with Gasteiger partial charge in [-0.2, -0.15) is 0 Å². The van der Waals surface area contributed by atoms with Crippen LogP contribution < -0.4 is 5.73 Å². The number of hydrogen-bond donors (Lipinski definition) is 1. The molecule has 1 aromatic carbocycles. The predicted octanol–water partition coefficient (Wildman–Crippen LogP) is 1.88. The van der Waals surface area contributed by atoms with Crippen LogP contribution in [0.2, 0.25) is 0 Å². The number of likely N-dealkylation sites (tertiary alicyclic amines) is 1. The number of carbonyl (C=O) groups is 1. The molecule has 0 saturated carbocycles. The summed E-state index contributed by atoms with van der Waals surface area (Å²) in [6.07, 6.45) is 3.49. The lowest BCUT2D eigenvalue weighted by molar-refractivity contribution is -0.130. The maximum absolute atomic E-state index is 11.9. The van der Waals surface area contributed by atoms with Gasteiger partial charge in [-0.05, 0) is 31.7 Å². The van der Waals surface area contributed by atoms with E-state index in [1.54, 1.807) is 0 Å². The molecular weight excluding hydrogens is 224 g/mol. The van der Waals surface area contributed by atoms with Gasteiger partial charge in [0.1, 0.15) is 0 Å². The van der Waals surface area contributed by atoms with Crippen molar-refractivity contribution in [1.82, 2.24) is 4.90 Å². The Morgan fingerprint density at radius 2 is 2.11 bits per heavy atom. The summed E-state index contributed by atoms with van der Waals surface area (Å²) in [5.41, 5.74) is 8.39. The third-order valence-corrected chi connectivity index (χ3v) is 3.55. The Morgan fingerprint density at radius 3 is 2.72 bits per heavy atom. The standard InChI is InChI=1S/C15H22N2O/c1-12-5-7-13(8-6-12)3-2-4-15(18)17-10-9-14(16)11-17/h5-8,14H,2-4,9-11,16H2,1H3/t14-/m1/s1. The van der Waals surface area contributed by atoms with E-state index < -0.39 is 0 Å². The van der Waals surface area contributed by atoms with Crippen molar-refractivity contribution in [2.75, 3.05) is 13.1 Å². The van der Waals surface area contributed by atoms with Crippen LogP contribution in [0.15, 0.2) is 24.3 Å². The fraction of sp³-hybridized carbons (Fsp3) is 0.533. The molecule has 2 rings (SSSR count). The lowest BCUT2D eigenvalue weighted by Crippen LogP contribution is -2.31. The molecule has 2 N–H and O–H groups in total. The lowest BCUT2D eigenvalue weighted by Gasteiger charge is -2.15. The van der Waals surface area contributed by atoms with E-state index in [1.165, 1.54) is 11.1 Å². The summed E-state index contributed by atoms with van der Waals surface area (Å²) in [5.74, 6) is 0.259. The van der Waals surface area contributed by atoms with Crippen LogP contribution in [-0.2, 0) is 11.2 Å². The van der Waals surface area contributed by atoms with E-state index in [4.69, 9.17) is 5.73 Å². The van der Waals surface area contributed by atoms with Crippen LogP contribution in [0.1, 0.15) is 30.4 Å². The summed E-state index contributed by atoms with van der Waals surface area (Å²) in [6.45, 7) is 3.66. The number of aryl methyl sites for hydroxylation is 2. The zero-order valence-electron chi connectivity index (χ0n) is 11.1. The second-order valence-corrected chi connectivity index (χ2v) is 5.23. The van der Waals surface area contributed by atoms with Gasteiger partial charge in [0.2, 0.25) is 5.91 Å². The zero-order valence-corrected chi connectivity index (χ0v) is 11.1. The minimum absolute atomic E-state index is 0.186. The first-order valence-electron chi connectivity index (χ1n) is 6.74. The monoisotopic (exact) mass is 246 g/mol. The van der Waals surface area contributed by atoms with E-state index in [0.717, 1.165) is 32.4 Å². The van der Waals surface area contributed by atoms with Gasteiger partial charge in [-0.15, -0.1) is 0 Å². The quantitative estimate of drug-likeness (QED) is 0.881. The van der Waals surface area contributed by atoms with Gasteiger partial charge in [0.15, 0.2) is 0 Å². The lowest BCUT2D eigenvalue weighted by atomic mass is 10.1. The molecule has 1 aliphatic rings. The van der Waals surface area contributed by atoms with E-state index >= 15 is 0 Å². The summed E-state index contributed by atoms with van der Waals surface area (Å²) in [6, 6.07) is 8.72. The van der Waals surface area contributed by atoms with E-state index in [0.29, 0.717) is 6.42 Å². The van der Waals surface area contributed by atoms with E-state index in [9.17, 15) is 4.79 Å². The molecule has 1 saturated heterocycles. The fourth-order valence-corrected chi connectivity index (χ4v) is 2.37. The van der Waals surface area contributed by atoms with Gasteiger partial charge >= 0.3 is 0 Å². The molecule has 1 aliphatic heterocycles. The fourth-order valence-electron chi connectivity index (χ4n) is 2.37. The predicted molar refractivity (Wildman–Crippen MR) is 73.3 cm³/mol. The van der Waals surface area contributed by atoms with Crippen LogP contribution in [0.4, 0.5) is 0 Å². The number of carbonyl (C=O) groups excluding carboxylic acids is 1. The smallest absolute Gasteiger partial charge is 0.222 e. The second-order valence-electron chi connectivity index (χ2n) is 5.23. The number of hydrogen-bond acceptors (Lipinski definition) is 2. The molecule has 1 fully saturated rings. The highest BCUT2D eigenvalue weighted by molar-refractivity contribution is 5.76. The Morgan fingerprint density at radius 1 is 1.39 bits per heavy atom. The first kappa shape index (κ1) is 13.1. The number of amides is 1. The topological polar surface area (TPSA) is 46.3 Å². The van der Waals surface area contributed by atoms with Crippen molar-refractivity contribution < 1.29 is 4.79 Å². The maximum atomic E-state index is 11.9. The molecule has 3 heteroatoms. The normalized spacial score (nSPS) is 19.2. The van der Waals surface area contributed by atoms with Crippen LogP contribution in [-0.4, -0.2) is 29.9 Å². The average Bonchev–Trinajstić information content (AvgIpc) is 2.78. The minimum Gasteiger partial charge on any atom is -0.341 e. The Labute approximate surface area is 109 Å². The molecule has 1 heterocycles. The van der Waals surface area contributed by atoms with Gasteiger partial charge in [0.05, 0.1) is 0 Å². The van der Waals surface area contributed by atoms with Gasteiger partial charge < -0.3 is 10.6 Å². The molecule has 1 aromatic rings. The molecule has 0 radical (unpaired) electrons. The Kier molecular flexibility index (Phi) is 4.37. The average molecular weight is 246 g/mol. The Balaban J connectivity index is 1.72. The molecule has 98 valence electrons. The highest BCUT2D eigenvalue weighted by atomic mass is 16.2. The van der Waals surface area contributed by atoms with E-state index in [2.05, 4.69) is 31.2 Å². The van der Waals surface area contributed by atoms with Gasteiger partial charge in [-0.3, -0.25) is 4.79 Å². The van der Waals surface area contributed by atoms with Gasteiger partial charge in [0, 0.05) is 25.6 Å². The number of nitrogens with zero attached hydrogens (tertiary/aromatic N) is 1. The molecule has 0 unspecified atom stereocenters. The number of rotatable bonds is 4. The van der Waals surface area contributed by atoms with Crippen LogP contribution in [0.5, 0.6) is 0 Å². The van der Waals surface area contributed by atoms with Gasteiger partial charge in [-0.1, -0.05) is 29.8 Å². The number of benzene rings is 1. The molecule has 3 nitrogen and oxygen atoms in total. The van der Waals surface area contributed by atoms with Crippen molar-refractivity contribution in [3.8, 4) is 0 Å². The van der Waals surface area contributed by atoms with Crippen molar-refractivity contribution in [1.29, 1.82) is 0 Å². The van der Waals surface area contributed by atoms with Crippen LogP contribution in [0.25, 0.3) is 0 Å². The van der Waals surface area contributed by atoms with Crippen LogP contribution in [0.3, 0.4) is 0 Å². The first-order chi connectivity index (χ1) is 8.65. The largest absolute Gasteiger partial charge is 0.341 e. The highest BCUT2D eigenvalue weighted by Crippen LogP contribution is 2.12. The maximum Gasteiger partial charge on any atom is 0.222 e. The molecular formula is C15H22N2O. The van der Waals surface area contributed by atoms with Crippen LogP contribution >= 0.6 is 0 Å². The molecule has 0 aliphatic carbocycles. The SMILES string of the molecule is Cc1ccc(CCCC(=O)N2CC[C@@H](N)C2)cc1. The van der Waals surface area contributed by atoms with E-state index in [1.807, 2.05) is 4.90 Å². The molecule has 0 bridgehead atoms. The summed E-state index contributed by atoms with van der Waals surface area (Å²) < 4.78 is 0. The van der Waals surface area contributed by atoms with E-state index in [-0.39, 0.29) is 11.9 Å². The summed E-state index contributed by atoms with van der Waals surface area (Å²) in [4.78, 5) is 13.8. The van der Waals surface area contributed by atoms with Crippen LogP contribution in [0, 0.1) is 6.92 Å². The van der Waals surface area contributed by atoms with Crippen molar-refractivity contribution in [2.24, 2.45) is 5.73 Å². The minimum atomic E-state index is 0.186. The third-order valence-electron chi connectivity index (χ3n) is 3.55. The molecule has 0 aromatic heterocycles. The molecule has 18 heavy (non-hydrogen) atoms. The van der Waals surface area contributed by atoms with Crippen molar-refractivity contribution in [2.45, 2.75) is 38.6 Å².